The summed E-state index contributed by atoms with van der Waals surface area (Å²) in [6.07, 6.45) is 1.51. The third kappa shape index (κ3) is 7.88. The van der Waals surface area contributed by atoms with Gasteiger partial charge in [0.25, 0.3) is 0 Å². The highest BCUT2D eigenvalue weighted by atomic mass is 19.4. The van der Waals surface area contributed by atoms with Crippen LogP contribution in [0.5, 0.6) is 5.75 Å². The molecule has 55 heavy (non-hydrogen) atoms. The van der Waals surface area contributed by atoms with E-state index >= 15 is 0 Å². The Morgan fingerprint density at radius 2 is 1.64 bits per heavy atom. The fourth-order valence-electron chi connectivity index (χ4n) is 7.96. The lowest BCUT2D eigenvalue weighted by molar-refractivity contribution is -0.145. The van der Waals surface area contributed by atoms with E-state index in [2.05, 4.69) is 15.9 Å². The lowest BCUT2D eigenvalue weighted by Crippen LogP contribution is -2.23. The number of hydrogen-bond acceptors (Lipinski definition) is 8. The van der Waals surface area contributed by atoms with Gasteiger partial charge >= 0.3 is 12.1 Å². The molecule has 1 atom stereocenters. The topological polar surface area (TPSA) is 91.8 Å². The van der Waals surface area contributed by atoms with Gasteiger partial charge in [0.2, 0.25) is 5.89 Å². The number of fused-ring (bicyclic) bond motifs is 1. The van der Waals surface area contributed by atoms with Crippen LogP contribution in [0.4, 0.5) is 13.2 Å². The largest absolute Gasteiger partial charge is 0.496 e. The number of nitriles is 1. The fraction of sp³-hybridized carbons (Fsp3) is 0.341. The van der Waals surface area contributed by atoms with Gasteiger partial charge in [-0.25, -0.2) is 4.98 Å². The molecular formula is C44H43F3N4O4. The molecular weight excluding hydrogens is 706 g/mol. The summed E-state index contributed by atoms with van der Waals surface area (Å²) in [4.78, 5) is 21.2. The first-order valence-electron chi connectivity index (χ1n) is 18.5. The van der Waals surface area contributed by atoms with Crippen LogP contribution in [0.15, 0.2) is 65.1 Å². The van der Waals surface area contributed by atoms with Gasteiger partial charge in [-0.05, 0) is 122 Å². The second-order valence-electron chi connectivity index (χ2n) is 14.4. The highest BCUT2D eigenvalue weighted by molar-refractivity contribution is 5.86. The Morgan fingerprint density at radius 3 is 2.35 bits per heavy atom. The molecule has 0 N–H and O–H groups in total. The molecule has 0 aliphatic carbocycles. The lowest BCUT2D eigenvalue weighted by Gasteiger charge is -2.20. The molecule has 284 valence electrons. The molecule has 5 aromatic rings. The molecule has 2 aliphatic rings. The van der Waals surface area contributed by atoms with Crippen LogP contribution in [0.1, 0.15) is 63.8 Å². The van der Waals surface area contributed by atoms with Gasteiger partial charge in [0.1, 0.15) is 17.3 Å². The fourth-order valence-corrected chi connectivity index (χ4v) is 7.96. The molecule has 0 bridgehead atoms. The Morgan fingerprint density at radius 1 is 0.927 bits per heavy atom. The molecule has 0 saturated carbocycles. The van der Waals surface area contributed by atoms with Gasteiger partial charge < -0.3 is 13.9 Å². The van der Waals surface area contributed by atoms with E-state index in [4.69, 9.17) is 18.9 Å². The van der Waals surface area contributed by atoms with Crippen LogP contribution in [0.25, 0.3) is 45.8 Å². The molecule has 0 amide bonds. The number of ether oxygens (including phenoxy) is 2. The molecule has 11 heteroatoms. The number of nitrogens with zero attached hydrogens (tertiary/aromatic N) is 4. The average molecular weight is 749 g/mol. The second kappa shape index (κ2) is 15.7. The van der Waals surface area contributed by atoms with Crippen molar-refractivity contribution in [2.24, 2.45) is 5.92 Å². The summed E-state index contributed by atoms with van der Waals surface area (Å²) in [5.74, 6) is 0.453. The molecule has 2 fully saturated rings. The molecule has 0 spiro atoms. The van der Waals surface area contributed by atoms with Crippen LogP contribution in [-0.4, -0.2) is 61.2 Å². The maximum absolute atomic E-state index is 14.4. The summed E-state index contributed by atoms with van der Waals surface area (Å²) >= 11 is 0. The number of oxazole rings is 1. The Kier molecular flexibility index (Phi) is 10.8. The third-order valence-corrected chi connectivity index (χ3v) is 10.9. The van der Waals surface area contributed by atoms with Crippen LogP contribution in [0.2, 0.25) is 0 Å². The molecule has 2 aliphatic heterocycles. The van der Waals surface area contributed by atoms with E-state index in [9.17, 15) is 23.2 Å². The average Bonchev–Trinajstić information content (AvgIpc) is 3.96. The second-order valence-corrected chi connectivity index (χ2v) is 14.4. The number of likely N-dealkylation sites (tertiary alicyclic amines) is 2. The smallest absolute Gasteiger partial charge is 0.417 e. The summed E-state index contributed by atoms with van der Waals surface area (Å²) < 4.78 is 60.0. The Balaban J connectivity index is 1.18. The van der Waals surface area contributed by atoms with Crippen molar-refractivity contribution in [3.05, 3.63) is 105 Å². The minimum Gasteiger partial charge on any atom is -0.496 e. The van der Waals surface area contributed by atoms with Gasteiger partial charge in [0, 0.05) is 30.8 Å². The Bertz CT molecular complexity index is 2320. The van der Waals surface area contributed by atoms with Crippen molar-refractivity contribution < 1.29 is 31.9 Å². The van der Waals surface area contributed by atoms with Gasteiger partial charge in [-0.1, -0.05) is 42.5 Å². The van der Waals surface area contributed by atoms with E-state index < -0.39 is 11.7 Å². The van der Waals surface area contributed by atoms with E-state index in [0.717, 1.165) is 77.8 Å². The standard InChI is InChI=1S/C44H43F3N4O4/c1-27-30(13-14-31-22-40(53-3)34(21-38(31)44(45,46)47)26-50-16-5-6-17-50)9-7-10-35(27)36-11-8-12-37(28(36)2)42-49-39-20-29(19-33(23-48)41(39)55-42)24-51-18-15-32(25-51)43(52)54-4/h7-14,19-22,32H,5-6,15-18,24-26H2,1-4H3/b14-13+/t32-/m1/s1. The molecule has 4 aromatic carbocycles. The van der Waals surface area contributed by atoms with E-state index in [0.29, 0.717) is 53.5 Å². The van der Waals surface area contributed by atoms with Crippen molar-refractivity contribution in [1.82, 2.24) is 14.8 Å². The first-order chi connectivity index (χ1) is 26.5. The molecule has 7 rings (SSSR count). The van der Waals surface area contributed by atoms with Gasteiger partial charge in [-0.3, -0.25) is 14.6 Å². The predicted octanol–water partition coefficient (Wildman–Crippen LogP) is 9.44. The minimum atomic E-state index is -4.54. The number of carbonyl (C=O) groups excluding carboxylic acids is 1. The van der Waals surface area contributed by atoms with Crippen molar-refractivity contribution in [3.8, 4) is 34.4 Å². The normalized spacial score (nSPS) is 16.7. The number of esters is 1. The van der Waals surface area contributed by atoms with Gasteiger partial charge in [0.15, 0.2) is 5.58 Å². The summed E-state index contributed by atoms with van der Waals surface area (Å²) in [7, 11) is 2.90. The quantitative estimate of drug-likeness (QED) is 0.103. The number of hydrogen-bond donors (Lipinski definition) is 0. The van der Waals surface area contributed by atoms with Crippen molar-refractivity contribution in [1.29, 1.82) is 5.26 Å². The summed E-state index contributed by atoms with van der Waals surface area (Å²) in [5.41, 5.74) is 7.32. The molecule has 2 saturated heterocycles. The van der Waals surface area contributed by atoms with Crippen molar-refractivity contribution in [2.75, 3.05) is 40.4 Å². The van der Waals surface area contributed by atoms with Crippen LogP contribution in [0, 0.1) is 31.1 Å². The SMILES string of the molecule is COC(=O)[C@@H]1CCN(Cc2cc(C#N)c3oc(-c4cccc(-c5cccc(/C=C/c6cc(OC)c(CN7CCCC7)cc6C(F)(F)F)c5C)c4C)nc3c2)C1. The zero-order valence-electron chi connectivity index (χ0n) is 31.4. The molecule has 0 radical (unpaired) electrons. The molecule has 0 unspecified atom stereocenters. The number of alkyl halides is 3. The maximum atomic E-state index is 14.4. The number of rotatable bonds is 10. The van der Waals surface area contributed by atoms with E-state index in [1.165, 1.54) is 32.4 Å². The monoisotopic (exact) mass is 748 g/mol. The predicted molar refractivity (Wildman–Crippen MR) is 206 cm³/mol. The summed E-state index contributed by atoms with van der Waals surface area (Å²) in [6, 6.07) is 20.3. The number of halogens is 3. The molecule has 3 heterocycles. The number of aromatic nitrogens is 1. The van der Waals surface area contributed by atoms with Crippen molar-refractivity contribution >= 4 is 29.2 Å². The summed E-state index contributed by atoms with van der Waals surface area (Å²) in [5, 5.41) is 10.0. The number of carbonyl (C=O) groups is 1. The number of methoxy groups -OCH3 is 2. The van der Waals surface area contributed by atoms with Crippen LogP contribution < -0.4 is 4.74 Å². The van der Waals surface area contributed by atoms with Gasteiger partial charge in [0.05, 0.1) is 31.3 Å². The maximum Gasteiger partial charge on any atom is 0.417 e. The highest BCUT2D eigenvalue weighted by Gasteiger charge is 2.34. The van der Waals surface area contributed by atoms with E-state index in [1.807, 2.05) is 62.4 Å². The third-order valence-electron chi connectivity index (χ3n) is 10.9. The first kappa shape index (κ1) is 37.9. The number of benzene rings is 4. The van der Waals surface area contributed by atoms with Gasteiger partial charge in [-0.2, -0.15) is 18.4 Å². The zero-order chi connectivity index (χ0) is 38.9. The van der Waals surface area contributed by atoms with E-state index in [1.54, 1.807) is 6.08 Å². The molecule has 8 nitrogen and oxygen atoms in total. The minimum absolute atomic E-state index is 0.0409. The van der Waals surface area contributed by atoms with Crippen LogP contribution in [0.3, 0.4) is 0 Å². The van der Waals surface area contributed by atoms with Gasteiger partial charge in [-0.15, -0.1) is 0 Å². The first-order valence-corrected chi connectivity index (χ1v) is 18.5. The van der Waals surface area contributed by atoms with Crippen LogP contribution in [-0.2, 0) is 28.8 Å². The zero-order valence-corrected chi connectivity index (χ0v) is 31.4. The van der Waals surface area contributed by atoms with Crippen molar-refractivity contribution in [2.45, 2.75) is 52.4 Å². The van der Waals surface area contributed by atoms with Crippen LogP contribution >= 0.6 is 0 Å². The Hall–Kier alpha value is -5.44. The highest BCUT2D eigenvalue weighted by Crippen LogP contribution is 2.39. The lowest BCUT2D eigenvalue weighted by atomic mass is 9.91. The molecule has 1 aromatic heterocycles. The summed E-state index contributed by atoms with van der Waals surface area (Å²) in [6.45, 7) is 7.99. The Labute approximate surface area is 318 Å². The van der Waals surface area contributed by atoms with Crippen molar-refractivity contribution in [3.63, 3.8) is 0 Å². The van der Waals surface area contributed by atoms with E-state index in [-0.39, 0.29) is 17.5 Å².